The lowest BCUT2D eigenvalue weighted by Crippen LogP contribution is -2.03. The van der Waals surface area contributed by atoms with Crippen LogP contribution >= 0.6 is 0 Å². The predicted molar refractivity (Wildman–Crippen MR) is 112 cm³/mol. The second kappa shape index (κ2) is 7.05. The lowest BCUT2D eigenvalue weighted by atomic mass is 10.2. The molecule has 0 fully saturated rings. The number of nitrogens with two attached hydrogens (primary N) is 1. The average molecular weight is 398 g/mol. The van der Waals surface area contributed by atoms with Gasteiger partial charge in [-0.2, -0.15) is 0 Å². The summed E-state index contributed by atoms with van der Waals surface area (Å²) in [5.74, 6) is 1.67. The number of nitrogens with zero attached hydrogens (tertiary/aromatic N) is 7. The van der Waals surface area contributed by atoms with E-state index in [2.05, 4.69) is 15.2 Å². The summed E-state index contributed by atoms with van der Waals surface area (Å²) >= 11 is 0. The molecule has 0 bridgehead atoms. The summed E-state index contributed by atoms with van der Waals surface area (Å²) in [4.78, 5) is 13.8. The summed E-state index contributed by atoms with van der Waals surface area (Å²) in [5, 5.41) is 17.5. The first-order valence-electron chi connectivity index (χ1n) is 9.30. The first-order valence-corrected chi connectivity index (χ1v) is 9.30. The number of imidazole rings is 1. The molecule has 0 saturated heterocycles. The number of pyridine rings is 2. The Morgan fingerprint density at radius 3 is 2.53 bits per heavy atom. The maximum absolute atomic E-state index is 9.40. The van der Waals surface area contributed by atoms with Crippen LogP contribution in [0.4, 0.5) is 5.82 Å². The molecule has 0 atom stereocenters. The number of hydrogen-bond donors (Lipinski definition) is 2. The van der Waals surface area contributed by atoms with E-state index in [1.165, 1.54) is 0 Å². The van der Waals surface area contributed by atoms with Gasteiger partial charge >= 0.3 is 0 Å². The summed E-state index contributed by atoms with van der Waals surface area (Å²) < 4.78 is 3.74. The molecule has 0 aliphatic rings. The fourth-order valence-corrected chi connectivity index (χ4v) is 3.38. The van der Waals surface area contributed by atoms with Crippen molar-refractivity contribution < 1.29 is 5.11 Å². The van der Waals surface area contributed by atoms with E-state index in [1.807, 2.05) is 64.7 Å². The summed E-state index contributed by atoms with van der Waals surface area (Å²) in [7, 11) is 1.87. The number of hydrogen-bond acceptors (Lipinski definition) is 7. The van der Waals surface area contributed by atoms with Gasteiger partial charge in [0.2, 0.25) is 0 Å². The van der Waals surface area contributed by atoms with Gasteiger partial charge in [-0.05, 0) is 42.0 Å². The van der Waals surface area contributed by atoms with Gasteiger partial charge in [0.15, 0.2) is 17.3 Å². The number of rotatable bonds is 4. The van der Waals surface area contributed by atoms with Gasteiger partial charge in [0.1, 0.15) is 23.4 Å². The molecule has 148 valence electrons. The predicted octanol–water partition coefficient (Wildman–Crippen LogP) is 2.35. The lowest BCUT2D eigenvalue weighted by molar-refractivity contribution is 0.282. The Morgan fingerprint density at radius 1 is 1.00 bits per heavy atom. The molecule has 4 aromatic heterocycles. The number of fused-ring (bicyclic) bond motifs is 1. The van der Waals surface area contributed by atoms with Crippen molar-refractivity contribution in [3.8, 4) is 28.6 Å². The molecule has 0 aliphatic carbocycles. The smallest absolute Gasteiger partial charge is 0.182 e. The topological polar surface area (TPSA) is 121 Å². The number of anilines is 1. The van der Waals surface area contributed by atoms with Crippen LogP contribution < -0.4 is 5.73 Å². The van der Waals surface area contributed by atoms with E-state index in [9.17, 15) is 5.11 Å². The van der Waals surface area contributed by atoms with Crippen molar-refractivity contribution in [2.45, 2.75) is 6.61 Å². The maximum Gasteiger partial charge on any atom is 0.182 e. The highest BCUT2D eigenvalue weighted by molar-refractivity contribution is 5.84. The van der Waals surface area contributed by atoms with Gasteiger partial charge < -0.3 is 15.4 Å². The number of aromatic nitrogens is 7. The Labute approximate surface area is 171 Å². The summed E-state index contributed by atoms with van der Waals surface area (Å²) in [6, 6.07) is 15.0. The van der Waals surface area contributed by atoms with Gasteiger partial charge in [0, 0.05) is 18.9 Å². The number of aryl methyl sites for hydroxylation is 1. The SMILES string of the molecule is Cn1cnnc1-c1ccc2nc(-c3cccnc3N)n(-c3ccc(CO)cc3)c2n1. The largest absolute Gasteiger partial charge is 0.392 e. The van der Waals surface area contributed by atoms with Crippen molar-refractivity contribution in [1.29, 1.82) is 0 Å². The normalized spacial score (nSPS) is 11.3. The highest BCUT2D eigenvalue weighted by Gasteiger charge is 2.19. The molecule has 3 N–H and O–H groups in total. The molecular formula is C21H18N8O. The molecule has 0 spiro atoms. The molecule has 0 amide bonds. The summed E-state index contributed by atoms with van der Waals surface area (Å²) in [6.07, 6.45) is 3.28. The van der Waals surface area contributed by atoms with Crippen molar-refractivity contribution in [3.05, 3.63) is 66.6 Å². The fourth-order valence-electron chi connectivity index (χ4n) is 3.38. The second-order valence-electron chi connectivity index (χ2n) is 6.84. The monoisotopic (exact) mass is 398 g/mol. The molecule has 5 aromatic rings. The number of aliphatic hydroxyl groups is 1. The Kier molecular flexibility index (Phi) is 4.22. The van der Waals surface area contributed by atoms with Gasteiger partial charge in [-0.15, -0.1) is 10.2 Å². The van der Waals surface area contributed by atoms with E-state index >= 15 is 0 Å². The Morgan fingerprint density at radius 2 is 1.83 bits per heavy atom. The highest BCUT2D eigenvalue weighted by atomic mass is 16.3. The molecule has 9 heteroatoms. The Hall–Kier alpha value is -4.11. The zero-order valence-electron chi connectivity index (χ0n) is 16.1. The molecule has 5 rings (SSSR count). The molecule has 1 aromatic carbocycles. The number of benzene rings is 1. The van der Waals surface area contributed by atoms with E-state index in [0.717, 1.165) is 11.3 Å². The van der Waals surface area contributed by atoms with Crippen LogP contribution in [0.1, 0.15) is 5.56 Å². The van der Waals surface area contributed by atoms with E-state index < -0.39 is 0 Å². The van der Waals surface area contributed by atoms with Gasteiger partial charge in [0.05, 0.1) is 12.2 Å². The third kappa shape index (κ3) is 2.88. The molecule has 0 aliphatic heterocycles. The van der Waals surface area contributed by atoms with Crippen molar-refractivity contribution >= 4 is 17.0 Å². The highest BCUT2D eigenvalue weighted by Crippen LogP contribution is 2.31. The number of aliphatic hydroxyl groups excluding tert-OH is 1. The Bertz CT molecular complexity index is 1350. The first kappa shape index (κ1) is 18.0. The third-order valence-corrected chi connectivity index (χ3v) is 4.90. The van der Waals surface area contributed by atoms with Crippen LogP contribution in [0.5, 0.6) is 0 Å². The molecule has 4 heterocycles. The lowest BCUT2D eigenvalue weighted by Gasteiger charge is -2.11. The minimum absolute atomic E-state index is 0.0259. The molecule has 9 nitrogen and oxygen atoms in total. The van der Waals surface area contributed by atoms with Crippen molar-refractivity contribution in [2.24, 2.45) is 7.05 Å². The summed E-state index contributed by atoms with van der Waals surface area (Å²) in [6.45, 7) is -0.0259. The van der Waals surface area contributed by atoms with Crippen LogP contribution in [0.2, 0.25) is 0 Å². The summed E-state index contributed by atoms with van der Waals surface area (Å²) in [5.41, 5.74) is 10.6. The second-order valence-corrected chi connectivity index (χ2v) is 6.84. The van der Waals surface area contributed by atoms with Gasteiger partial charge in [0.25, 0.3) is 0 Å². The zero-order chi connectivity index (χ0) is 20.7. The van der Waals surface area contributed by atoms with Gasteiger partial charge in [-0.1, -0.05) is 12.1 Å². The van der Waals surface area contributed by atoms with Crippen molar-refractivity contribution in [2.75, 3.05) is 5.73 Å². The van der Waals surface area contributed by atoms with Crippen LogP contribution in [0, 0.1) is 0 Å². The number of nitrogen functional groups attached to an aromatic ring is 1. The van der Waals surface area contributed by atoms with Crippen LogP contribution in [0.25, 0.3) is 39.8 Å². The molecular weight excluding hydrogens is 380 g/mol. The fraction of sp³-hybridized carbons (Fsp3) is 0.0952. The van der Waals surface area contributed by atoms with E-state index in [-0.39, 0.29) is 6.61 Å². The zero-order valence-corrected chi connectivity index (χ0v) is 16.1. The standard InChI is InChI=1S/C21H18N8O/c1-28-12-24-27-21(28)17-9-8-16-20(26-17)29(14-6-4-13(11-30)5-7-14)19(25-16)15-3-2-10-23-18(15)22/h2-10,12,30H,11H2,1H3,(H2,22,23). The van der Waals surface area contributed by atoms with Crippen molar-refractivity contribution in [3.63, 3.8) is 0 Å². The minimum Gasteiger partial charge on any atom is -0.392 e. The van der Waals surface area contributed by atoms with Crippen LogP contribution in [-0.4, -0.2) is 39.4 Å². The average Bonchev–Trinajstić information content (AvgIpc) is 3.37. The molecule has 0 radical (unpaired) electrons. The molecule has 0 saturated carbocycles. The van der Waals surface area contributed by atoms with Crippen LogP contribution in [0.15, 0.2) is 61.1 Å². The van der Waals surface area contributed by atoms with E-state index in [0.29, 0.717) is 39.9 Å². The Balaban J connectivity index is 1.80. The third-order valence-electron chi connectivity index (χ3n) is 4.90. The van der Waals surface area contributed by atoms with Crippen LogP contribution in [0.3, 0.4) is 0 Å². The quantitative estimate of drug-likeness (QED) is 0.477. The van der Waals surface area contributed by atoms with Gasteiger partial charge in [-0.3, -0.25) is 4.57 Å². The van der Waals surface area contributed by atoms with Crippen molar-refractivity contribution in [1.82, 2.24) is 34.3 Å². The van der Waals surface area contributed by atoms with E-state index in [4.69, 9.17) is 15.7 Å². The van der Waals surface area contributed by atoms with E-state index in [1.54, 1.807) is 12.5 Å². The molecule has 30 heavy (non-hydrogen) atoms. The van der Waals surface area contributed by atoms with Crippen LogP contribution in [-0.2, 0) is 13.7 Å². The first-order chi connectivity index (χ1) is 14.7. The minimum atomic E-state index is -0.0259. The molecule has 0 unspecified atom stereocenters. The van der Waals surface area contributed by atoms with Gasteiger partial charge in [-0.25, -0.2) is 15.0 Å². The maximum atomic E-state index is 9.40.